The van der Waals surface area contributed by atoms with Gasteiger partial charge in [-0.05, 0) is 82.5 Å². The van der Waals surface area contributed by atoms with Gasteiger partial charge in [-0.1, -0.05) is 138 Å². The van der Waals surface area contributed by atoms with E-state index in [0.717, 1.165) is 57.8 Å². The molecule has 18 heteroatoms. The number of carbonyl (C=O) groups excluding carboxylic acids is 10. The number of hydrogen-bond donors (Lipinski definition) is 5. The van der Waals surface area contributed by atoms with Crippen LogP contribution < -0.4 is 26.6 Å². The molecule has 18 nitrogen and oxygen atoms in total. The summed E-state index contributed by atoms with van der Waals surface area (Å²) in [5.41, 5.74) is -2.45. The highest BCUT2D eigenvalue weighted by Gasteiger charge is 2.54. The van der Waals surface area contributed by atoms with Gasteiger partial charge in [0.2, 0.25) is 41.4 Å². The number of carbonyl (C=O) groups is 10. The highest BCUT2D eigenvalue weighted by molar-refractivity contribution is 6.00. The zero-order valence-corrected chi connectivity index (χ0v) is 52.9. The van der Waals surface area contributed by atoms with Crippen molar-refractivity contribution in [2.75, 3.05) is 40.0 Å². The topological polar surface area (TPSA) is 259 Å². The van der Waals surface area contributed by atoms with E-state index in [-0.39, 0.29) is 105 Å². The summed E-state index contributed by atoms with van der Waals surface area (Å²) < 4.78 is 15.2. The van der Waals surface area contributed by atoms with Crippen molar-refractivity contribution in [2.45, 2.75) is 222 Å². The maximum Gasteiger partial charge on any atom is 0.310 e. The van der Waals surface area contributed by atoms with E-state index in [0.29, 0.717) is 63.9 Å². The molecule has 0 spiro atoms. The highest BCUT2D eigenvalue weighted by Crippen LogP contribution is 2.53. The fourth-order valence-corrected chi connectivity index (χ4v) is 8.33. The van der Waals surface area contributed by atoms with Crippen LogP contribution >= 0.6 is 0 Å². The summed E-state index contributed by atoms with van der Waals surface area (Å²) in [6.07, 6.45) is 9.58. The Labute approximate surface area is 475 Å². The van der Waals surface area contributed by atoms with Crippen molar-refractivity contribution in [1.29, 1.82) is 0 Å². The van der Waals surface area contributed by atoms with Gasteiger partial charge < -0.3 is 30.2 Å². The van der Waals surface area contributed by atoms with Gasteiger partial charge in [-0.15, -0.1) is 0 Å². The molecule has 2 heterocycles. The molecule has 4 aliphatic rings. The highest BCUT2D eigenvalue weighted by atomic mass is 16.5. The van der Waals surface area contributed by atoms with Gasteiger partial charge in [0.15, 0.2) is 0 Å². The van der Waals surface area contributed by atoms with Crippen LogP contribution in [0.2, 0.25) is 0 Å². The third kappa shape index (κ3) is 24.9. The predicted molar refractivity (Wildman–Crippen MR) is 307 cm³/mol. The van der Waals surface area contributed by atoms with Crippen LogP contribution in [0.3, 0.4) is 0 Å². The minimum absolute atomic E-state index is 0.00435. The molecule has 2 bridgehead atoms. The van der Waals surface area contributed by atoms with Gasteiger partial charge >= 0.3 is 11.9 Å². The molecule has 2 saturated heterocycles. The van der Waals surface area contributed by atoms with Gasteiger partial charge in [0.05, 0.1) is 31.7 Å². The fraction of sp³-hybridized carbons (Fsp3) is 0.836. The standard InChI is InChI=1S/C17H29NO3.2C11H19NO3.2C11H21NO2/c1-6-17(3,4)16(20)18-9-13-11-7-12(14(8-11)21-5)15(13)10(2)19;1-4-11(2,3)10(14)12-6-8-5-9(13)15-7-8;1-4-11(2,3)10(14)12-7-8-5-6-15-9(8)13;1-7-11(5,6)9(14)12-8(13)10(2,3)4;1-5-7-8-9(13)12-10(14)11(3,4)6-2/h11-15H,6-9H2,1-5H3,(H,18,20);2*8H,4-7H2,1-3H3,(H,12,14);7H2,1-6H3,(H,12,13,14);5-8H2,1-4H3,(H,12,13,14). The van der Waals surface area contributed by atoms with Gasteiger partial charge in [-0.2, -0.15) is 0 Å². The molecule has 5 N–H and O–H groups in total. The summed E-state index contributed by atoms with van der Waals surface area (Å²) >= 11 is 0. The molecule has 7 unspecified atom stereocenters. The lowest BCUT2D eigenvalue weighted by Gasteiger charge is -2.34. The van der Waals surface area contributed by atoms with Crippen LogP contribution in [0.4, 0.5) is 0 Å². The van der Waals surface area contributed by atoms with E-state index in [1.54, 1.807) is 34.8 Å². The summed E-state index contributed by atoms with van der Waals surface area (Å²) in [4.78, 5) is 116. The average Bonchev–Trinajstić information content (AvgIpc) is 4.20. The van der Waals surface area contributed by atoms with Crippen LogP contribution in [0.25, 0.3) is 0 Å². The summed E-state index contributed by atoms with van der Waals surface area (Å²) in [5.74, 6) is 0.505. The lowest BCUT2D eigenvalue weighted by Crippen LogP contribution is -2.45. The largest absolute Gasteiger partial charge is 0.465 e. The number of rotatable bonds is 21. The first-order chi connectivity index (χ1) is 36.3. The number of unbranched alkanes of at least 4 members (excludes halogenated alkanes) is 1. The lowest BCUT2D eigenvalue weighted by molar-refractivity contribution is -0.142. The second-order valence-electron chi connectivity index (χ2n) is 26.2. The average molecular weight is 1120 g/mol. The monoisotopic (exact) mass is 1120 g/mol. The summed E-state index contributed by atoms with van der Waals surface area (Å²) in [7, 11) is 1.74. The zero-order valence-electron chi connectivity index (χ0n) is 52.9. The number of Topliss-reactive ketones (excluding diaryl/α,β-unsaturated/α-hetero) is 1. The molecule has 79 heavy (non-hydrogen) atoms. The molecule has 0 aromatic rings. The Morgan fingerprint density at radius 2 is 1.01 bits per heavy atom. The van der Waals surface area contributed by atoms with Crippen LogP contribution in [0.15, 0.2) is 0 Å². The molecular weight excluding hydrogens is 1010 g/mol. The van der Waals surface area contributed by atoms with Gasteiger partial charge in [-0.3, -0.25) is 58.6 Å². The second kappa shape index (κ2) is 33.2. The van der Waals surface area contributed by atoms with E-state index in [1.165, 1.54) is 0 Å². The number of fused-ring (bicyclic) bond motifs is 2. The second-order valence-corrected chi connectivity index (χ2v) is 26.2. The van der Waals surface area contributed by atoms with Crippen molar-refractivity contribution in [1.82, 2.24) is 26.6 Å². The van der Waals surface area contributed by atoms with Crippen LogP contribution in [0.1, 0.15) is 216 Å². The summed E-state index contributed by atoms with van der Waals surface area (Å²) in [6, 6.07) is 0. The number of ether oxygens (including phenoxy) is 3. The number of nitrogens with one attached hydrogen (secondary N) is 5. The van der Waals surface area contributed by atoms with Crippen LogP contribution in [0.5, 0.6) is 0 Å². The smallest absolute Gasteiger partial charge is 0.310 e. The number of methoxy groups -OCH3 is 1. The van der Waals surface area contributed by atoms with Crippen LogP contribution in [-0.2, 0) is 62.2 Å². The van der Waals surface area contributed by atoms with Gasteiger partial charge in [-0.25, -0.2) is 0 Å². The molecule has 7 atom stereocenters. The van der Waals surface area contributed by atoms with Gasteiger partial charge in [0, 0.05) is 77.5 Å². The fourth-order valence-electron chi connectivity index (χ4n) is 8.33. The van der Waals surface area contributed by atoms with Gasteiger partial charge in [0.25, 0.3) is 0 Å². The molecule has 0 aromatic heterocycles. The molecule has 2 saturated carbocycles. The maximum atomic E-state index is 12.2. The third-order valence-corrected chi connectivity index (χ3v) is 16.8. The van der Waals surface area contributed by atoms with Crippen LogP contribution in [0, 0.1) is 68.0 Å². The van der Waals surface area contributed by atoms with E-state index in [2.05, 4.69) is 26.6 Å². The Balaban J connectivity index is 0.000000973. The van der Waals surface area contributed by atoms with E-state index in [9.17, 15) is 47.9 Å². The number of cyclic esters (lactones) is 2. The molecular formula is C61H109N5O13. The van der Waals surface area contributed by atoms with E-state index in [4.69, 9.17) is 14.2 Å². The molecule has 456 valence electrons. The zero-order chi connectivity index (χ0) is 61.5. The molecule has 4 rings (SSSR count). The molecule has 0 radical (unpaired) electrons. The first kappa shape index (κ1) is 74.3. The van der Waals surface area contributed by atoms with Crippen molar-refractivity contribution in [3.8, 4) is 0 Å². The minimum atomic E-state index is -0.514. The molecule has 7 amide bonds. The Hall–Kier alpha value is -4.74. The third-order valence-electron chi connectivity index (χ3n) is 16.8. The van der Waals surface area contributed by atoms with Gasteiger partial charge in [0.1, 0.15) is 5.78 Å². The normalized spacial score (nSPS) is 21.6. The van der Waals surface area contributed by atoms with Crippen molar-refractivity contribution in [2.24, 2.45) is 68.0 Å². The molecule has 4 fully saturated rings. The SMILES string of the molecule is CCC(C)(C)C(=O)NC(=O)C(C)(C)C.CCC(C)(C)C(=O)NCC1C2CC(OC)C(C2)C1C(C)=O.CCC(C)(C)C(=O)NCC1CCOC1=O.CCC(C)(C)C(=O)NCC1COC(=O)C1.CCCCC(=O)NC(=O)C(C)(C)CC. The van der Waals surface area contributed by atoms with Crippen molar-refractivity contribution in [3.05, 3.63) is 0 Å². The lowest BCUT2D eigenvalue weighted by atomic mass is 9.75. The summed E-state index contributed by atoms with van der Waals surface area (Å²) in [6.45, 7) is 40.3. The van der Waals surface area contributed by atoms with Crippen molar-refractivity contribution >= 4 is 59.1 Å². The Morgan fingerprint density at radius 1 is 0.570 bits per heavy atom. The van der Waals surface area contributed by atoms with Crippen molar-refractivity contribution in [3.63, 3.8) is 0 Å². The number of amides is 7. The van der Waals surface area contributed by atoms with Crippen LogP contribution in [-0.4, -0.2) is 105 Å². The minimum Gasteiger partial charge on any atom is -0.465 e. The number of imide groups is 2. The Morgan fingerprint density at radius 3 is 1.39 bits per heavy atom. The molecule has 2 aliphatic carbocycles. The first-order valence-corrected chi connectivity index (χ1v) is 29.2. The predicted octanol–water partition coefficient (Wildman–Crippen LogP) is 8.99. The Bertz CT molecular complexity index is 2040. The number of ketones is 1. The molecule has 0 aromatic carbocycles. The maximum absolute atomic E-state index is 12.2. The Kier molecular flexibility index (Phi) is 31.3. The van der Waals surface area contributed by atoms with E-state index < -0.39 is 16.2 Å². The first-order valence-electron chi connectivity index (χ1n) is 29.2. The van der Waals surface area contributed by atoms with Crippen molar-refractivity contribution < 1.29 is 62.2 Å². The molecule has 2 aliphatic heterocycles. The number of esters is 2. The summed E-state index contributed by atoms with van der Waals surface area (Å²) in [5, 5.41) is 13.6. The van der Waals surface area contributed by atoms with E-state index >= 15 is 0 Å². The van der Waals surface area contributed by atoms with E-state index in [1.807, 2.05) is 111 Å². The number of hydrogen-bond acceptors (Lipinski definition) is 13. The quantitative estimate of drug-likeness (QED) is 0.0673.